The van der Waals surface area contributed by atoms with Gasteiger partial charge in [0.25, 0.3) is 0 Å². The van der Waals surface area contributed by atoms with E-state index in [2.05, 4.69) is 15.5 Å². The summed E-state index contributed by atoms with van der Waals surface area (Å²) in [6.45, 7) is 0.890. The standard InChI is InChI=1S/C13H13N3O3/c1-4-10-11(18-7-17-10)5-8(1)13-16-15-12(19-13)6-14-9-2-3-9/h1,4-5,9,14H,2-3,6-7H2. The average Bonchev–Trinajstić information content (AvgIpc) is 2.96. The molecule has 1 saturated carbocycles. The molecule has 1 aliphatic heterocycles. The van der Waals surface area contributed by atoms with Crippen LogP contribution in [-0.2, 0) is 6.54 Å². The number of fused-ring (bicyclic) bond motifs is 1. The molecule has 0 saturated heterocycles. The van der Waals surface area contributed by atoms with E-state index in [0.717, 1.165) is 11.3 Å². The van der Waals surface area contributed by atoms with Crippen molar-refractivity contribution >= 4 is 0 Å². The molecule has 6 nitrogen and oxygen atoms in total. The summed E-state index contributed by atoms with van der Waals surface area (Å²) in [7, 11) is 0. The van der Waals surface area contributed by atoms with E-state index in [-0.39, 0.29) is 6.79 Å². The summed E-state index contributed by atoms with van der Waals surface area (Å²) in [6, 6.07) is 6.22. The van der Waals surface area contributed by atoms with Crippen LogP contribution in [0.3, 0.4) is 0 Å². The summed E-state index contributed by atoms with van der Waals surface area (Å²) in [5.74, 6) is 2.58. The maximum Gasteiger partial charge on any atom is 0.247 e. The van der Waals surface area contributed by atoms with Gasteiger partial charge in [-0.1, -0.05) is 0 Å². The fourth-order valence-electron chi connectivity index (χ4n) is 1.99. The van der Waals surface area contributed by atoms with E-state index in [1.54, 1.807) is 0 Å². The van der Waals surface area contributed by atoms with Gasteiger partial charge >= 0.3 is 0 Å². The third-order valence-corrected chi connectivity index (χ3v) is 3.21. The van der Waals surface area contributed by atoms with Crippen molar-refractivity contribution in [3.05, 3.63) is 24.1 Å². The first-order chi connectivity index (χ1) is 9.38. The van der Waals surface area contributed by atoms with E-state index in [4.69, 9.17) is 13.9 Å². The van der Waals surface area contributed by atoms with Gasteiger partial charge in [0.15, 0.2) is 11.5 Å². The zero-order chi connectivity index (χ0) is 12.7. The monoisotopic (exact) mass is 259 g/mol. The molecular formula is C13H13N3O3. The Morgan fingerprint density at radius 1 is 1.16 bits per heavy atom. The van der Waals surface area contributed by atoms with Crippen molar-refractivity contribution in [2.24, 2.45) is 0 Å². The van der Waals surface area contributed by atoms with E-state index >= 15 is 0 Å². The summed E-state index contributed by atoms with van der Waals surface area (Å²) in [6.07, 6.45) is 2.48. The van der Waals surface area contributed by atoms with Crippen LogP contribution < -0.4 is 14.8 Å². The summed E-state index contributed by atoms with van der Waals surface area (Å²) in [5, 5.41) is 11.4. The zero-order valence-electron chi connectivity index (χ0n) is 10.3. The molecule has 2 aliphatic rings. The van der Waals surface area contributed by atoms with Crippen LogP contribution in [0.2, 0.25) is 0 Å². The lowest BCUT2D eigenvalue weighted by molar-refractivity contribution is 0.174. The molecule has 6 heteroatoms. The number of aromatic nitrogens is 2. The normalized spacial score (nSPS) is 16.8. The molecular weight excluding hydrogens is 246 g/mol. The van der Waals surface area contributed by atoms with Crippen molar-refractivity contribution in [3.8, 4) is 23.0 Å². The highest BCUT2D eigenvalue weighted by molar-refractivity contribution is 5.60. The lowest BCUT2D eigenvalue weighted by Gasteiger charge is -1.98. The molecule has 1 N–H and O–H groups in total. The van der Waals surface area contributed by atoms with Crippen molar-refractivity contribution in [2.75, 3.05) is 6.79 Å². The zero-order valence-corrected chi connectivity index (χ0v) is 10.3. The van der Waals surface area contributed by atoms with Gasteiger partial charge in [0.05, 0.1) is 6.54 Å². The largest absolute Gasteiger partial charge is 0.454 e. The minimum absolute atomic E-state index is 0.263. The third kappa shape index (κ3) is 2.15. The predicted molar refractivity (Wildman–Crippen MR) is 65.7 cm³/mol. The van der Waals surface area contributed by atoms with Gasteiger partial charge in [-0.3, -0.25) is 0 Å². The molecule has 1 aliphatic carbocycles. The molecule has 0 bridgehead atoms. The summed E-state index contributed by atoms with van der Waals surface area (Å²) < 4.78 is 16.2. The van der Waals surface area contributed by atoms with E-state index in [1.165, 1.54) is 12.8 Å². The van der Waals surface area contributed by atoms with Gasteiger partial charge in [0.1, 0.15) is 0 Å². The fourth-order valence-corrected chi connectivity index (χ4v) is 1.99. The number of nitrogens with zero attached hydrogens (tertiary/aromatic N) is 2. The molecule has 2 heterocycles. The number of rotatable bonds is 4. The van der Waals surface area contributed by atoms with Gasteiger partial charge < -0.3 is 19.2 Å². The van der Waals surface area contributed by atoms with Crippen LogP contribution in [0.15, 0.2) is 22.6 Å². The molecule has 0 atom stereocenters. The van der Waals surface area contributed by atoms with Crippen molar-refractivity contribution in [1.82, 2.24) is 15.5 Å². The van der Waals surface area contributed by atoms with Crippen LogP contribution >= 0.6 is 0 Å². The van der Waals surface area contributed by atoms with Crippen molar-refractivity contribution in [3.63, 3.8) is 0 Å². The van der Waals surface area contributed by atoms with Crippen molar-refractivity contribution in [2.45, 2.75) is 25.4 Å². The minimum atomic E-state index is 0.263. The molecule has 1 fully saturated rings. The van der Waals surface area contributed by atoms with Crippen LogP contribution in [0.1, 0.15) is 18.7 Å². The van der Waals surface area contributed by atoms with Crippen LogP contribution in [0.25, 0.3) is 11.5 Å². The van der Waals surface area contributed by atoms with E-state index in [0.29, 0.717) is 30.1 Å². The maximum atomic E-state index is 5.63. The molecule has 98 valence electrons. The topological polar surface area (TPSA) is 69.4 Å². The second-order valence-corrected chi connectivity index (χ2v) is 4.72. The lowest BCUT2D eigenvalue weighted by Crippen LogP contribution is -2.15. The Balaban J connectivity index is 1.54. The average molecular weight is 259 g/mol. The minimum Gasteiger partial charge on any atom is -0.454 e. The maximum absolute atomic E-state index is 5.63. The SMILES string of the molecule is c1cc2c(cc1-c1nnc(CNC3CC3)o1)OCO2. The lowest BCUT2D eigenvalue weighted by atomic mass is 10.2. The first kappa shape index (κ1) is 10.8. The Kier molecular flexibility index (Phi) is 2.41. The predicted octanol–water partition coefficient (Wildman–Crippen LogP) is 1.72. The molecule has 0 amide bonds. The van der Waals surface area contributed by atoms with Gasteiger partial charge in [-0.05, 0) is 31.0 Å². The number of hydrogen-bond acceptors (Lipinski definition) is 6. The third-order valence-electron chi connectivity index (χ3n) is 3.21. The summed E-state index contributed by atoms with van der Waals surface area (Å²) in [4.78, 5) is 0. The molecule has 4 rings (SSSR count). The highest BCUT2D eigenvalue weighted by Crippen LogP contribution is 2.35. The van der Waals surface area contributed by atoms with Crippen molar-refractivity contribution < 1.29 is 13.9 Å². The molecule has 0 spiro atoms. The van der Waals surface area contributed by atoms with Crippen LogP contribution in [0.4, 0.5) is 0 Å². The first-order valence-corrected chi connectivity index (χ1v) is 6.34. The molecule has 0 radical (unpaired) electrons. The molecule has 19 heavy (non-hydrogen) atoms. The second kappa shape index (κ2) is 4.24. The van der Waals surface area contributed by atoms with Gasteiger partial charge in [-0.25, -0.2) is 0 Å². The second-order valence-electron chi connectivity index (χ2n) is 4.72. The Bertz CT molecular complexity index is 607. The summed E-state index contributed by atoms with van der Waals surface area (Å²) >= 11 is 0. The van der Waals surface area contributed by atoms with E-state index in [1.807, 2.05) is 18.2 Å². The molecule has 1 aromatic heterocycles. The van der Waals surface area contributed by atoms with Gasteiger partial charge in [0.2, 0.25) is 18.6 Å². The Labute approximate surface area is 109 Å². The van der Waals surface area contributed by atoms with Crippen LogP contribution in [0, 0.1) is 0 Å². The highest BCUT2D eigenvalue weighted by Gasteiger charge is 2.21. The van der Waals surface area contributed by atoms with Gasteiger partial charge in [-0.2, -0.15) is 0 Å². The number of benzene rings is 1. The first-order valence-electron chi connectivity index (χ1n) is 6.34. The number of nitrogens with one attached hydrogen (secondary N) is 1. The van der Waals surface area contributed by atoms with Crippen LogP contribution in [-0.4, -0.2) is 23.0 Å². The Morgan fingerprint density at radius 2 is 2.05 bits per heavy atom. The van der Waals surface area contributed by atoms with Gasteiger partial charge in [0, 0.05) is 11.6 Å². The quantitative estimate of drug-likeness (QED) is 0.901. The highest BCUT2D eigenvalue weighted by atomic mass is 16.7. The summed E-state index contributed by atoms with van der Waals surface area (Å²) in [5.41, 5.74) is 0.842. The Morgan fingerprint density at radius 3 is 2.95 bits per heavy atom. The van der Waals surface area contributed by atoms with Crippen LogP contribution in [0.5, 0.6) is 11.5 Å². The van der Waals surface area contributed by atoms with E-state index in [9.17, 15) is 0 Å². The molecule has 1 aromatic carbocycles. The van der Waals surface area contributed by atoms with Gasteiger partial charge in [-0.15, -0.1) is 10.2 Å². The van der Waals surface area contributed by atoms with Crippen molar-refractivity contribution in [1.29, 1.82) is 0 Å². The smallest absolute Gasteiger partial charge is 0.247 e. The molecule has 2 aromatic rings. The van der Waals surface area contributed by atoms with E-state index < -0.39 is 0 Å². The number of hydrogen-bond donors (Lipinski definition) is 1. The molecule has 0 unspecified atom stereocenters. The Hall–Kier alpha value is -2.08. The number of ether oxygens (including phenoxy) is 2. The fraction of sp³-hybridized carbons (Fsp3) is 0.385.